The highest BCUT2D eigenvalue weighted by Crippen LogP contribution is 2.27. The van der Waals surface area contributed by atoms with Gasteiger partial charge in [-0.1, -0.05) is 5.92 Å². The molecule has 3 rings (SSSR count). The molecule has 2 fully saturated rings. The maximum absolute atomic E-state index is 13.4. The van der Waals surface area contributed by atoms with Crippen molar-refractivity contribution >= 4 is 17.5 Å². The highest BCUT2D eigenvalue weighted by Gasteiger charge is 2.36. The second-order valence-corrected chi connectivity index (χ2v) is 6.61. The van der Waals surface area contributed by atoms with Gasteiger partial charge in [-0.25, -0.2) is 8.78 Å². The van der Waals surface area contributed by atoms with Gasteiger partial charge in [0.25, 0.3) is 0 Å². The molecule has 2 aliphatic rings. The van der Waals surface area contributed by atoms with E-state index in [1.54, 1.807) is 0 Å². The fraction of sp³-hybridized carbons (Fsp3) is 0.474. The molecule has 2 heterocycles. The third-order valence-electron chi connectivity index (χ3n) is 4.93. The molecule has 2 saturated heterocycles. The molecule has 0 aromatic heterocycles. The lowest BCUT2D eigenvalue weighted by molar-refractivity contribution is -0.127. The standard InChI is InChI=1S/C19H20F2N2O3/c1-2-17(12-5-7-26-8-6-12)22-19(25)13-9-18(24)23(11-13)14-3-4-15(20)16(21)10-14/h1,3-4,10,12-13,17H,5-9,11H2,(H,22,25)/t13-,17-/m1/s1. The van der Waals surface area contributed by atoms with Gasteiger partial charge >= 0.3 is 0 Å². The molecule has 26 heavy (non-hydrogen) atoms. The molecule has 1 aromatic carbocycles. The highest BCUT2D eigenvalue weighted by molar-refractivity contribution is 6.00. The summed E-state index contributed by atoms with van der Waals surface area (Å²) in [5.41, 5.74) is 0.238. The van der Waals surface area contributed by atoms with Crippen LogP contribution in [0.5, 0.6) is 0 Å². The number of ether oxygens (including phenoxy) is 1. The topological polar surface area (TPSA) is 58.6 Å². The van der Waals surface area contributed by atoms with E-state index in [1.165, 1.54) is 11.0 Å². The number of halogens is 2. The summed E-state index contributed by atoms with van der Waals surface area (Å²) in [5, 5.41) is 2.85. The molecule has 138 valence electrons. The number of rotatable bonds is 4. The van der Waals surface area contributed by atoms with Crippen molar-refractivity contribution in [3.05, 3.63) is 29.8 Å². The van der Waals surface area contributed by atoms with Crippen molar-refractivity contribution < 1.29 is 23.1 Å². The summed E-state index contributed by atoms with van der Waals surface area (Å²) < 4.78 is 31.8. The molecule has 0 aliphatic carbocycles. The molecule has 5 nitrogen and oxygen atoms in total. The molecule has 2 aliphatic heterocycles. The van der Waals surface area contributed by atoms with E-state index >= 15 is 0 Å². The number of nitrogens with one attached hydrogen (secondary N) is 1. The van der Waals surface area contributed by atoms with E-state index in [-0.39, 0.29) is 36.4 Å². The van der Waals surface area contributed by atoms with E-state index in [0.29, 0.717) is 13.2 Å². The summed E-state index contributed by atoms with van der Waals surface area (Å²) >= 11 is 0. The van der Waals surface area contributed by atoms with Gasteiger partial charge in [-0.05, 0) is 30.9 Å². The van der Waals surface area contributed by atoms with Crippen molar-refractivity contribution in [2.75, 3.05) is 24.7 Å². The molecular weight excluding hydrogens is 342 g/mol. The van der Waals surface area contributed by atoms with Crippen LogP contribution in [0.2, 0.25) is 0 Å². The van der Waals surface area contributed by atoms with Crippen LogP contribution in [0.3, 0.4) is 0 Å². The van der Waals surface area contributed by atoms with E-state index < -0.39 is 23.6 Å². The van der Waals surface area contributed by atoms with E-state index in [0.717, 1.165) is 25.0 Å². The van der Waals surface area contributed by atoms with Gasteiger partial charge < -0.3 is 15.0 Å². The number of benzene rings is 1. The molecule has 1 aromatic rings. The van der Waals surface area contributed by atoms with Crippen molar-refractivity contribution in [1.82, 2.24) is 5.32 Å². The number of hydrogen-bond donors (Lipinski definition) is 1. The van der Waals surface area contributed by atoms with Gasteiger partial charge in [0.05, 0.1) is 12.0 Å². The van der Waals surface area contributed by atoms with Gasteiger partial charge in [0, 0.05) is 37.9 Å². The SMILES string of the molecule is C#C[C@@H](NC(=O)[C@@H]1CC(=O)N(c2ccc(F)c(F)c2)C1)C1CCOCC1. The Kier molecular flexibility index (Phi) is 5.52. The van der Waals surface area contributed by atoms with Gasteiger partial charge in [-0.15, -0.1) is 6.42 Å². The predicted octanol–water partition coefficient (Wildman–Crippen LogP) is 1.86. The average molecular weight is 362 g/mol. The number of hydrogen-bond acceptors (Lipinski definition) is 3. The Hall–Kier alpha value is -2.46. The summed E-state index contributed by atoms with van der Waals surface area (Å²) in [6.07, 6.45) is 7.13. The van der Waals surface area contributed by atoms with Crippen molar-refractivity contribution in [1.29, 1.82) is 0 Å². The summed E-state index contributed by atoms with van der Waals surface area (Å²) in [6, 6.07) is 2.84. The minimum Gasteiger partial charge on any atom is -0.381 e. The largest absolute Gasteiger partial charge is 0.381 e. The van der Waals surface area contributed by atoms with Crippen LogP contribution in [-0.2, 0) is 14.3 Å². The summed E-state index contributed by atoms with van der Waals surface area (Å²) in [4.78, 5) is 26.1. The fourth-order valence-corrected chi connectivity index (χ4v) is 3.40. The van der Waals surface area contributed by atoms with Crippen LogP contribution >= 0.6 is 0 Å². The normalized spacial score (nSPS) is 22.1. The van der Waals surface area contributed by atoms with Crippen LogP contribution in [0.15, 0.2) is 18.2 Å². The van der Waals surface area contributed by atoms with Crippen LogP contribution < -0.4 is 10.2 Å². The number of amides is 2. The smallest absolute Gasteiger partial charge is 0.227 e. The molecule has 7 heteroatoms. The molecule has 1 N–H and O–H groups in total. The van der Waals surface area contributed by atoms with Crippen molar-refractivity contribution in [2.24, 2.45) is 11.8 Å². The van der Waals surface area contributed by atoms with Crippen molar-refractivity contribution in [3.63, 3.8) is 0 Å². The van der Waals surface area contributed by atoms with Crippen molar-refractivity contribution in [3.8, 4) is 12.3 Å². The van der Waals surface area contributed by atoms with Crippen LogP contribution in [-0.4, -0.2) is 37.6 Å². The number of anilines is 1. The molecule has 0 saturated carbocycles. The molecule has 0 bridgehead atoms. The molecular formula is C19H20F2N2O3. The van der Waals surface area contributed by atoms with Gasteiger partial charge in [0.1, 0.15) is 0 Å². The van der Waals surface area contributed by atoms with E-state index in [9.17, 15) is 18.4 Å². The fourth-order valence-electron chi connectivity index (χ4n) is 3.40. The predicted molar refractivity (Wildman–Crippen MR) is 91.1 cm³/mol. The third kappa shape index (κ3) is 3.86. The zero-order valence-corrected chi connectivity index (χ0v) is 14.2. The Morgan fingerprint density at radius 1 is 1.31 bits per heavy atom. The highest BCUT2D eigenvalue weighted by atomic mass is 19.2. The van der Waals surface area contributed by atoms with Crippen LogP contribution in [0, 0.1) is 35.8 Å². The Labute approximate surface area is 150 Å². The number of terminal acetylenes is 1. The molecule has 2 amide bonds. The van der Waals surface area contributed by atoms with Gasteiger partial charge in [0.15, 0.2) is 11.6 Å². The summed E-state index contributed by atoms with van der Waals surface area (Å²) in [7, 11) is 0. The van der Waals surface area contributed by atoms with Crippen LogP contribution in [0.1, 0.15) is 19.3 Å². The van der Waals surface area contributed by atoms with Crippen LogP contribution in [0.4, 0.5) is 14.5 Å². The lowest BCUT2D eigenvalue weighted by Crippen LogP contribution is -2.44. The molecule has 2 atom stereocenters. The maximum Gasteiger partial charge on any atom is 0.227 e. The zero-order valence-electron chi connectivity index (χ0n) is 14.2. The zero-order chi connectivity index (χ0) is 18.7. The lowest BCUT2D eigenvalue weighted by Gasteiger charge is -2.28. The molecule has 0 radical (unpaired) electrons. The minimum absolute atomic E-state index is 0.00982. The van der Waals surface area contributed by atoms with Gasteiger partial charge in [-0.2, -0.15) is 0 Å². The second-order valence-electron chi connectivity index (χ2n) is 6.61. The summed E-state index contributed by atoms with van der Waals surface area (Å²) in [6.45, 7) is 1.34. The molecule has 0 unspecified atom stereocenters. The van der Waals surface area contributed by atoms with E-state index in [1.807, 2.05) is 0 Å². The van der Waals surface area contributed by atoms with Crippen molar-refractivity contribution in [2.45, 2.75) is 25.3 Å². The number of nitrogens with zero attached hydrogens (tertiary/aromatic N) is 1. The summed E-state index contributed by atoms with van der Waals surface area (Å²) in [5.74, 6) is -0.426. The second kappa shape index (κ2) is 7.83. The Balaban J connectivity index is 1.64. The van der Waals surface area contributed by atoms with Crippen LogP contribution in [0.25, 0.3) is 0 Å². The Morgan fingerprint density at radius 2 is 2.04 bits per heavy atom. The number of carbonyl (C=O) groups is 2. The quantitative estimate of drug-likeness (QED) is 0.832. The first-order valence-corrected chi connectivity index (χ1v) is 8.59. The molecule has 0 spiro atoms. The third-order valence-corrected chi connectivity index (χ3v) is 4.93. The number of carbonyl (C=O) groups excluding carboxylic acids is 2. The monoisotopic (exact) mass is 362 g/mol. The first kappa shape index (κ1) is 18.3. The lowest BCUT2D eigenvalue weighted by atomic mass is 9.91. The Bertz CT molecular complexity index is 741. The maximum atomic E-state index is 13.4. The first-order valence-electron chi connectivity index (χ1n) is 8.59. The average Bonchev–Trinajstić information content (AvgIpc) is 3.04. The van der Waals surface area contributed by atoms with E-state index in [4.69, 9.17) is 11.2 Å². The first-order chi connectivity index (χ1) is 12.5. The minimum atomic E-state index is -1.03. The Morgan fingerprint density at radius 3 is 2.69 bits per heavy atom. The van der Waals surface area contributed by atoms with E-state index in [2.05, 4.69) is 11.2 Å². The van der Waals surface area contributed by atoms with Gasteiger partial charge in [-0.3, -0.25) is 9.59 Å². The van der Waals surface area contributed by atoms with Gasteiger partial charge in [0.2, 0.25) is 11.8 Å².